The molecule has 0 saturated carbocycles. The van der Waals surface area contributed by atoms with Gasteiger partial charge < -0.3 is 74.9 Å². The first-order valence-electron chi connectivity index (χ1n) is 41.3. The molecule has 0 aromatic carbocycles. The molecule has 5 amide bonds. The average Bonchev–Trinajstić information content (AvgIpc) is 0.867. The van der Waals surface area contributed by atoms with E-state index in [9.17, 15) is 48.6 Å². The fourth-order valence-electron chi connectivity index (χ4n) is 10.2. The number of ether oxygens (including phenoxy) is 2. The highest BCUT2D eigenvalue weighted by Gasteiger charge is 2.33. The molecule has 0 rings (SSSR count). The van der Waals surface area contributed by atoms with Gasteiger partial charge in [0.25, 0.3) is 0 Å². The molecule has 0 spiro atoms. The molecule has 9 unspecified atom stereocenters. The number of nitrogens with two attached hydrogens (primary N) is 5. The second kappa shape index (κ2) is 91.1. The van der Waals surface area contributed by atoms with Crippen molar-refractivity contribution in [2.24, 2.45) is 40.5 Å². The van der Waals surface area contributed by atoms with Crippen LogP contribution in [0.25, 0.3) is 0 Å². The van der Waals surface area contributed by atoms with Gasteiger partial charge in [-0.3, -0.25) is 33.6 Å². The Kier molecular flexibility index (Phi) is 102. The summed E-state index contributed by atoms with van der Waals surface area (Å²) in [5, 5.41) is 33.3. The van der Waals surface area contributed by atoms with Crippen LogP contribution in [-0.4, -0.2) is 151 Å². The minimum absolute atomic E-state index is 0.000645. The Morgan fingerprint density at radius 3 is 0.922 bits per heavy atom. The monoisotopic (exact) mass is 1480 g/mol. The standard InChI is InChI=1S/C65H126N10O12S.7C2H6/c1-5-7-9-11-13-15-17-19-21-23-25-35-49(3)64(84)86-46-51(87-65(85)50(4)36-26-24-22-20-18-16-14-12-10-8-6-2)47-88-48-52(70)58(77)75-57(45-76)62(81)73-54(38-28-32-42-67)60(79)71-53(37-27-31-41-66)59(78)72-55(39-29-33-43-68)61(80)74-56(63(82)83)40-30-34-44-69;7*1-2/h49-57,76H,5-48,66-70H2,1-4H3,(H,71,79)(H,72,78)(H,73,81)(H,74,80)(H,75,77)(H,82,83);7*1-2H3. The van der Waals surface area contributed by atoms with E-state index in [1.54, 1.807) is 0 Å². The van der Waals surface area contributed by atoms with Crippen LogP contribution in [0, 0.1) is 11.8 Å². The lowest BCUT2D eigenvalue weighted by atomic mass is 10.0. The third-order valence-corrected chi connectivity index (χ3v) is 17.2. The van der Waals surface area contributed by atoms with Crippen molar-refractivity contribution in [2.75, 3.05) is 50.9 Å². The van der Waals surface area contributed by atoms with Gasteiger partial charge in [-0.15, -0.1) is 0 Å². The van der Waals surface area contributed by atoms with Crippen molar-refractivity contribution < 1.29 is 58.0 Å². The summed E-state index contributed by atoms with van der Waals surface area (Å²) in [4.78, 5) is 108. The van der Waals surface area contributed by atoms with Crippen LogP contribution < -0.4 is 55.3 Å². The largest absolute Gasteiger partial charge is 0.480 e. The normalized spacial score (nSPS) is 12.9. The molecule has 612 valence electrons. The van der Waals surface area contributed by atoms with Crippen LogP contribution in [0.3, 0.4) is 0 Å². The molecule has 0 saturated heterocycles. The average molecular weight is 1480 g/mol. The number of aliphatic hydroxyl groups excluding tert-OH is 1. The first kappa shape index (κ1) is 114. The van der Waals surface area contributed by atoms with Gasteiger partial charge in [0, 0.05) is 11.5 Å². The van der Waals surface area contributed by atoms with Crippen molar-refractivity contribution in [3.8, 4) is 0 Å². The zero-order chi connectivity index (χ0) is 79.6. The van der Waals surface area contributed by atoms with E-state index < -0.39 is 90.4 Å². The lowest BCUT2D eigenvalue weighted by Crippen LogP contribution is -2.59. The molecule has 0 bridgehead atoms. The number of amides is 5. The van der Waals surface area contributed by atoms with Crippen LogP contribution >= 0.6 is 11.8 Å². The number of thioether (sulfide) groups is 1. The zero-order valence-corrected chi connectivity index (χ0v) is 69.9. The zero-order valence-electron chi connectivity index (χ0n) is 69.1. The number of nitrogens with one attached hydrogen (secondary N) is 5. The SMILES string of the molecule is CC.CC.CC.CC.CC.CC.CC.CCCCCCCCCCCCCC(C)C(=O)OCC(CSCC(N)C(=O)NC(CO)C(=O)NC(CCCCN)C(=O)NC(CCCCN)C(=O)NC(CCCCN)C(=O)NC(CCCCN)C(=O)O)OC(=O)C(C)CCCCCCCCCCCCC. The lowest BCUT2D eigenvalue weighted by Gasteiger charge is -2.27. The van der Waals surface area contributed by atoms with Crippen molar-refractivity contribution in [1.29, 1.82) is 0 Å². The van der Waals surface area contributed by atoms with E-state index >= 15 is 0 Å². The maximum Gasteiger partial charge on any atom is 0.326 e. The summed E-state index contributed by atoms with van der Waals surface area (Å²) in [5.41, 5.74) is 29.2. The van der Waals surface area contributed by atoms with Crippen LogP contribution in [0.1, 0.15) is 356 Å². The first-order chi connectivity index (χ1) is 49.4. The van der Waals surface area contributed by atoms with Crippen molar-refractivity contribution in [1.82, 2.24) is 26.6 Å². The summed E-state index contributed by atoms with van der Waals surface area (Å²) in [6.45, 7) is 36.4. The lowest BCUT2D eigenvalue weighted by molar-refractivity contribution is -0.162. The number of rotatable bonds is 61. The molecule has 0 aliphatic rings. The first-order valence-corrected chi connectivity index (χ1v) is 42.5. The molecule has 23 heteroatoms. The maximum atomic E-state index is 14.1. The second-order valence-corrected chi connectivity index (χ2v) is 25.3. The highest BCUT2D eigenvalue weighted by Crippen LogP contribution is 2.20. The van der Waals surface area contributed by atoms with Gasteiger partial charge in [-0.05, 0) is 116 Å². The number of hydrogen-bond acceptors (Lipinski definition) is 17. The van der Waals surface area contributed by atoms with E-state index in [0.717, 1.165) is 38.5 Å². The Bertz CT molecular complexity index is 1850. The smallest absolute Gasteiger partial charge is 0.326 e. The third-order valence-electron chi connectivity index (χ3n) is 16.0. The molecule has 0 aliphatic heterocycles. The van der Waals surface area contributed by atoms with Gasteiger partial charge in [-0.1, -0.05) is 266 Å². The number of esters is 2. The molecular weight excluding hydrogens is 1310 g/mol. The molecular formula is C79H168N10O12S. The van der Waals surface area contributed by atoms with Crippen LogP contribution in [0.4, 0.5) is 0 Å². The van der Waals surface area contributed by atoms with E-state index in [2.05, 4.69) is 40.4 Å². The predicted molar refractivity (Wildman–Crippen MR) is 432 cm³/mol. The van der Waals surface area contributed by atoms with Crippen LogP contribution in [-0.2, 0) is 47.8 Å². The van der Waals surface area contributed by atoms with Crippen LogP contribution in [0.15, 0.2) is 0 Å². The van der Waals surface area contributed by atoms with Crippen molar-refractivity contribution >= 4 is 59.2 Å². The number of aliphatic carboxylic acids is 1. The quantitative estimate of drug-likeness (QED) is 0.0199. The van der Waals surface area contributed by atoms with Gasteiger partial charge in [0.05, 0.1) is 24.5 Å². The molecule has 0 aliphatic carbocycles. The Morgan fingerprint density at radius 2 is 0.618 bits per heavy atom. The van der Waals surface area contributed by atoms with Gasteiger partial charge >= 0.3 is 17.9 Å². The van der Waals surface area contributed by atoms with E-state index in [1.807, 2.05) is 111 Å². The molecule has 0 aromatic rings. The number of carboxylic acid groups (broad SMARTS) is 1. The molecule has 102 heavy (non-hydrogen) atoms. The Morgan fingerprint density at radius 1 is 0.353 bits per heavy atom. The van der Waals surface area contributed by atoms with Gasteiger partial charge in [-0.2, -0.15) is 11.8 Å². The van der Waals surface area contributed by atoms with Crippen molar-refractivity contribution in [3.05, 3.63) is 0 Å². The highest BCUT2D eigenvalue weighted by molar-refractivity contribution is 7.99. The summed E-state index contributed by atoms with van der Waals surface area (Å²) in [6, 6.07) is -7.63. The molecule has 0 radical (unpaired) electrons. The summed E-state index contributed by atoms with van der Waals surface area (Å²) in [7, 11) is 0. The minimum atomic E-state index is -1.54. The number of unbranched alkanes of at least 4 members (excludes halogenated alkanes) is 24. The molecule has 0 heterocycles. The van der Waals surface area contributed by atoms with Gasteiger partial charge in [0.2, 0.25) is 29.5 Å². The molecule has 0 aromatic heterocycles. The summed E-state index contributed by atoms with van der Waals surface area (Å²) >= 11 is 1.20. The number of aliphatic hydroxyl groups is 1. The fourth-order valence-corrected chi connectivity index (χ4v) is 11.1. The predicted octanol–water partition coefficient (Wildman–Crippen LogP) is 14.4. The number of carboxylic acids is 1. The topological polar surface area (TPSA) is 386 Å². The summed E-state index contributed by atoms with van der Waals surface area (Å²) in [5.74, 6) is -6.45. The maximum absolute atomic E-state index is 14.1. The van der Waals surface area contributed by atoms with E-state index in [1.165, 1.54) is 114 Å². The second-order valence-electron chi connectivity index (χ2n) is 24.2. The molecule has 0 fully saturated rings. The molecule has 17 N–H and O–H groups in total. The fraction of sp³-hybridized carbons (Fsp3) is 0.899. The number of carbonyl (C=O) groups is 8. The van der Waals surface area contributed by atoms with Crippen molar-refractivity contribution in [3.63, 3.8) is 0 Å². The third kappa shape index (κ3) is 70.2. The minimum Gasteiger partial charge on any atom is -0.480 e. The molecule has 22 nitrogen and oxygen atoms in total. The van der Waals surface area contributed by atoms with E-state index in [4.69, 9.17) is 38.1 Å². The molecule has 9 atom stereocenters. The van der Waals surface area contributed by atoms with Gasteiger partial charge in [0.15, 0.2) is 0 Å². The van der Waals surface area contributed by atoms with Crippen LogP contribution in [0.5, 0.6) is 0 Å². The van der Waals surface area contributed by atoms with E-state index in [0.29, 0.717) is 83.8 Å². The van der Waals surface area contributed by atoms with E-state index in [-0.39, 0.29) is 68.1 Å². The Balaban J connectivity index is -0.000000985. The number of carbonyl (C=O) groups excluding carboxylic acids is 7. The van der Waals surface area contributed by atoms with Gasteiger partial charge in [-0.25, -0.2) is 4.79 Å². The highest BCUT2D eigenvalue weighted by atomic mass is 32.2. The summed E-state index contributed by atoms with van der Waals surface area (Å²) < 4.78 is 11.7. The Labute approximate surface area is 630 Å². The van der Waals surface area contributed by atoms with Gasteiger partial charge in [0.1, 0.15) is 42.9 Å². The summed E-state index contributed by atoms with van der Waals surface area (Å²) in [6.07, 6.45) is 31.1. The van der Waals surface area contributed by atoms with Crippen LogP contribution in [0.2, 0.25) is 0 Å². The Hall–Kier alpha value is -4.13. The van der Waals surface area contributed by atoms with Crippen molar-refractivity contribution in [2.45, 2.75) is 398 Å². The number of hydrogen-bond donors (Lipinski definition) is 12.